The number of nitrogens with two attached hydrogens (primary N) is 1. The summed E-state index contributed by atoms with van der Waals surface area (Å²) in [4.78, 5) is 14.2. The lowest BCUT2D eigenvalue weighted by atomic mass is 10.0. The van der Waals surface area contributed by atoms with E-state index in [4.69, 9.17) is 5.73 Å². The van der Waals surface area contributed by atoms with Crippen molar-refractivity contribution in [1.29, 1.82) is 0 Å². The summed E-state index contributed by atoms with van der Waals surface area (Å²) >= 11 is 0. The number of hydrogen-bond acceptors (Lipinski definition) is 3. The zero-order chi connectivity index (χ0) is 14.4. The number of nitrogens with zero attached hydrogens (tertiary/aromatic N) is 1. The van der Waals surface area contributed by atoms with Gasteiger partial charge in [0.05, 0.1) is 6.54 Å². The minimum atomic E-state index is -0.137. The number of rotatable bonds is 8. The zero-order valence-corrected chi connectivity index (χ0v) is 13.0. The Kier molecular flexibility index (Phi) is 6.86. The van der Waals surface area contributed by atoms with Crippen LogP contribution >= 0.6 is 0 Å². The summed E-state index contributed by atoms with van der Waals surface area (Å²) in [6.07, 6.45) is 1.95. The number of nitrogens with one attached hydrogen (secondary N) is 1. The minimum absolute atomic E-state index is 0.0804. The molecular formula is C14H31N3O. The predicted molar refractivity (Wildman–Crippen MR) is 77.5 cm³/mol. The Morgan fingerprint density at radius 3 is 2.17 bits per heavy atom. The Morgan fingerprint density at radius 1 is 1.22 bits per heavy atom. The van der Waals surface area contributed by atoms with Crippen LogP contribution in [0.4, 0.5) is 0 Å². The lowest BCUT2D eigenvalue weighted by molar-refractivity contribution is -0.125. The van der Waals surface area contributed by atoms with Gasteiger partial charge in [-0.05, 0) is 47.1 Å². The predicted octanol–water partition coefficient (Wildman–Crippen LogP) is 1.74. The van der Waals surface area contributed by atoms with Crippen molar-refractivity contribution in [3.05, 3.63) is 0 Å². The quantitative estimate of drug-likeness (QED) is 0.696. The summed E-state index contributed by atoms with van der Waals surface area (Å²) in [7, 11) is 0. The maximum absolute atomic E-state index is 12.1. The third kappa shape index (κ3) is 5.83. The van der Waals surface area contributed by atoms with E-state index in [1.807, 2.05) is 13.8 Å². The maximum Gasteiger partial charge on any atom is 0.234 e. The van der Waals surface area contributed by atoms with E-state index in [0.29, 0.717) is 13.1 Å². The highest BCUT2D eigenvalue weighted by atomic mass is 16.2. The number of carbonyl (C=O) groups is 1. The van der Waals surface area contributed by atoms with Gasteiger partial charge < -0.3 is 11.1 Å². The highest BCUT2D eigenvalue weighted by Gasteiger charge is 2.27. The highest BCUT2D eigenvalue weighted by molar-refractivity contribution is 5.78. The molecule has 4 nitrogen and oxygen atoms in total. The summed E-state index contributed by atoms with van der Waals surface area (Å²) < 4.78 is 0. The molecule has 3 N–H and O–H groups in total. The Labute approximate surface area is 112 Å². The first kappa shape index (κ1) is 17.4. The van der Waals surface area contributed by atoms with Gasteiger partial charge in [-0.2, -0.15) is 0 Å². The van der Waals surface area contributed by atoms with Crippen molar-refractivity contribution in [2.75, 3.05) is 19.6 Å². The normalized spacial score (nSPS) is 12.9. The molecule has 0 rings (SSSR count). The van der Waals surface area contributed by atoms with Gasteiger partial charge in [0.25, 0.3) is 0 Å². The van der Waals surface area contributed by atoms with Crippen molar-refractivity contribution in [3.8, 4) is 0 Å². The second-order valence-corrected chi connectivity index (χ2v) is 6.22. The standard InChI is InChI=1S/C14H31N3O/c1-7-9-17(14(5,6)11-15)10-12(18)16-13(3,4)8-2/h7-11,15H2,1-6H3,(H,16,18). The van der Waals surface area contributed by atoms with Gasteiger partial charge in [-0.3, -0.25) is 9.69 Å². The van der Waals surface area contributed by atoms with Crippen LogP contribution in [0.5, 0.6) is 0 Å². The highest BCUT2D eigenvalue weighted by Crippen LogP contribution is 2.13. The first-order chi connectivity index (χ1) is 8.18. The molecule has 108 valence electrons. The summed E-state index contributed by atoms with van der Waals surface area (Å²) in [5.41, 5.74) is 5.52. The average molecular weight is 257 g/mol. The van der Waals surface area contributed by atoms with Gasteiger partial charge in [0.2, 0.25) is 5.91 Å². The fourth-order valence-corrected chi connectivity index (χ4v) is 1.67. The molecule has 0 aromatic carbocycles. The second kappa shape index (κ2) is 7.10. The van der Waals surface area contributed by atoms with Gasteiger partial charge in [0.1, 0.15) is 0 Å². The molecule has 0 aromatic heterocycles. The zero-order valence-electron chi connectivity index (χ0n) is 13.0. The number of amides is 1. The van der Waals surface area contributed by atoms with Crippen molar-refractivity contribution < 1.29 is 4.79 Å². The summed E-state index contributed by atoms with van der Waals surface area (Å²) in [5, 5.41) is 3.07. The first-order valence-corrected chi connectivity index (χ1v) is 6.94. The van der Waals surface area contributed by atoms with E-state index in [-0.39, 0.29) is 17.0 Å². The first-order valence-electron chi connectivity index (χ1n) is 6.94. The second-order valence-electron chi connectivity index (χ2n) is 6.22. The van der Waals surface area contributed by atoms with Crippen LogP contribution in [0.3, 0.4) is 0 Å². The van der Waals surface area contributed by atoms with Crippen molar-refractivity contribution >= 4 is 5.91 Å². The lowest BCUT2D eigenvalue weighted by Gasteiger charge is -2.38. The van der Waals surface area contributed by atoms with Crippen LogP contribution < -0.4 is 11.1 Å². The summed E-state index contributed by atoms with van der Waals surface area (Å²) in [6.45, 7) is 14.3. The average Bonchev–Trinajstić information content (AvgIpc) is 2.27. The van der Waals surface area contributed by atoms with E-state index in [2.05, 4.69) is 37.9 Å². The molecule has 1 amide bonds. The van der Waals surface area contributed by atoms with Crippen LogP contribution in [0.1, 0.15) is 54.4 Å². The van der Waals surface area contributed by atoms with Crippen LogP contribution in [0.15, 0.2) is 0 Å². The largest absolute Gasteiger partial charge is 0.350 e. The van der Waals surface area contributed by atoms with Crippen LogP contribution in [0.2, 0.25) is 0 Å². The lowest BCUT2D eigenvalue weighted by Crippen LogP contribution is -2.55. The molecule has 0 saturated heterocycles. The number of carbonyl (C=O) groups excluding carboxylic acids is 1. The molecule has 0 fully saturated rings. The topological polar surface area (TPSA) is 58.4 Å². The van der Waals surface area contributed by atoms with Crippen LogP contribution in [0.25, 0.3) is 0 Å². The van der Waals surface area contributed by atoms with Crippen LogP contribution in [-0.2, 0) is 4.79 Å². The van der Waals surface area contributed by atoms with Crippen LogP contribution in [-0.4, -0.2) is 41.5 Å². The molecule has 0 heterocycles. The Hall–Kier alpha value is -0.610. The van der Waals surface area contributed by atoms with Gasteiger partial charge in [0, 0.05) is 17.6 Å². The minimum Gasteiger partial charge on any atom is -0.350 e. The van der Waals surface area contributed by atoms with E-state index >= 15 is 0 Å². The van der Waals surface area contributed by atoms with Crippen molar-refractivity contribution in [1.82, 2.24) is 10.2 Å². The SMILES string of the molecule is CCCN(CC(=O)NC(C)(C)CC)C(C)(C)CN. The third-order valence-corrected chi connectivity index (χ3v) is 3.55. The van der Waals surface area contributed by atoms with Gasteiger partial charge in [-0.15, -0.1) is 0 Å². The summed E-state index contributed by atoms with van der Waals surface area (Å²) in [6, 6.07) is 0. The molecular weight excluding hydrogens is 226 g/mol. The van der Waals surface area contributed by atoms with Gasteiger partial charge in [-0.1, -0.05) is 13.8 Å². The third-order valence-electron chi connectivity index (χ3n) is 3.55. The molecule has 0 aliphatic carbocycles. The maximum atomic E-state index is 12.1. The Balaban J connectivity index is 4.56. The van der Waals surface area contributed by atoms with E-state index < -0.39 is 0 Å². The molecule has 0 bridgehead atoms. The monoisotopic (exact) mass is 257 g/mol. The van der Waals surface area contributed by atoms with Gasteiger partial charge >= 0.3 is 0 Å². The van der Waals surface area contributed by atoms with Crippen molar-refractivity contribution in [2.24, 2.45) is 5.73 Å². The van der Waals surface area contributed by atoms with Crippen molar-refractivity contribution in [2.45, 2.75) is 65.5 Å². The van der Waals surface area contributed by atoms with Gasteiger partial charge in [0.15, 0.2) is 0 Å². The van der Waals surface area contributed by atoms with E-state index in [1.165, 1.54) is 0 Å². The fourth-order valence-electron chi connectivity index (χ4n) is 1.67. The molecule has 0 atom stereocenters. The van der Waals surface area contributed by atoms with Crippen LogP contribution in [0, 0.1) is 0 Å². The molecule has 18 heavy (non-hydrogen) atoms. The molecule has 0 aromatic rings. The Bertz CT molecular complexity index is 262. The van der Waals surface area contributed by atoms with Gasteiger partial charge in [-0.25, -0.2) is 0 Å². The Morgan fingerprint density at radius 2 is 1.78 bits per heavy atom. The molecule has 0 saturated carbocycles. The fraction of sp³-hybridized carbons (Fsp3) is 0.929. The smallest absolute Gasteiger partial charge is 0.234 e. The summed E-state index contributed by atoms with van der Waals surface area (Å²) in [5.74, 6) is 0.0804. The molecule has 0 radical (unpaired) electrons. The molecule has 4 heteroatoms. The molecule has 0 aliphatic heterocycles. The van der Waals surface area contributed by atoms with E-state index in [9.17, 15) is 4.79 Å². The molecule has 0 unspecified atom stereocenters. The number of hydrogen-bond donors (Lipinski definition) is 2. The molecule has 0 aliphatic rings. The van der Waals surface area contributed by atoms with E-state index in [1.54, 1.807) is 0 Å². The van der Waals surface area contributed by atoms with E-state index in [0.717, 1.165) is 19.4 Å². The molecule has 0 spiro atoms. The van der Waals surface area contributed by atoms with Crippen molar-refractivity contribution in [3.63, 3.8) is 0 Å².